The van der Waals surface area contributed by atoms with E-state index < -0.39 is 0 Å². The molecule has 0 N–H and O–H groups in total. The van der Waals surface area contributed by atoms with E-state index in [4.69, 9.17) is 9.47 Å². The summed E-state index contributed by atoms with van der Waals surface area (Å²) in [7, 11) is 0. The van der Waals surface area contributed by atoms with Crippen LogP contribution in [-0.4, -0.2) is 19.0 Å². The molecule has 0 amide bonds. The summed E-state index contributed by atoms with van der Waals surface area (Å²) in [5.41, 5.74) is 3.10. The molecule has 1 saturated heterocycles. The molecule has 1 aliphatic heterocycles. The van der Waals surface area contributed by atoms with E-state index in [9.17, 15) is 0 Å². The summed E-state index contributed by atoms with van der Waals surface area (Å²) in [6, 6.07) is 0. The molecule has 2 heteroatoms. The highest BCUT2D eigenvalue weighted by Gasteiger charge is 2.41. The Balaban J connectivity index is 1.65. The van der Waals surface area contributed by atoms with Gasteiger partial charge in [0.1, 0.15) is 0 Å². The van der Waals surface area contributed by atoms with Crippen LogP contribution in [0.25, 0.3) is 0 Å². The van der Waals surface area contributed by atoms with Gasteiger partial charge in [0.05, 0.1) is 13.2 Å². The number of hydrogen-bond acceptors (Lipinski definition) is 2. The Morgan fingerprint density at radius 1 is 1.17 bits per heavy atom. The highest BCUT2D eigenvalue weighted by atomic mass is 16.7. The summed E-state index contributed by atoms with van der Waals surface area (Å²) in [5.74, 6) is 1.23. The van der Waals surface area contributed by atoms with Crippen LogP contribution in [0.1, 0.15) is 46.0 Å². The Hall–Kier alpha value is -0.600. The molecule has 1 unspecified atom stereocenters. The van der Waals surface area contributed by atoms with Gasteiger partial charge in [0.2, 0.25) is 0 Å². The van der Waals surface area contributed by atoms with Gasteiger partial charge in [-0.1, -0.05) is 24.6 Å². The van der Waals surface area contributed by atoms with E-state index in [1.807, 2.05) is 0 Å². The first-order valence-corrected chi connectivity index (χ1v) is 7.35. The zero-order chi connectivity index (χ0) is 12.6. The zero-order valence-corrected chi connectivity index (χ0v) is 11.6. The summed E-state index contributed by atoms with van der Waals surface area (Å²) in [5, 5.41) is 0. The Kier molecular flexibility index (Phi) is 3.33. The van der Waals surface area contributed by atoms with Gasteiger partial charge >= 0.3 is 0 Å². The number of allylic oxidation sites excluding steroid dienone is 4. The lowest BCUT2D eigenvalue weighted by atomic mass is 9.76. The maximum atomic E-state index is 5.80. The molecule has 2 aliphatic carbocycles. The summed E-state index contributed by atoms with van der Waals surface area (Å²) in [6.07, 6.45) is 10.7. The van der Waals surface area contributed by atoms with Crippen LogP contribution in [0.15, 0.2) is 23.3 Å². The average molecular weight is 248 g/mol. The van der Waals surface area contributed by atoms with Gasteiger partial charge in [0, 0.05) is 12.8 Å². The molecule has 0 aromatic rings. The zero-order valence-electron chi connectivity index (χ0n) is 11.6. The summed E-state index contributed by atoms with van der Waals surface area (Å²) in [6.45, 7) is 6.13. The molecule has 3 rings (SSSR count). The van der Waals surface area contributed by atoms with E-state index in [0.717, 1.165) is 32.0 Å². The van der Waals surface area contributed by atoms with Gasteiger partial charge in [-0.3, -0.25) is 0 Å². The van der Waals surface area contributed by atoms with Crippen LogP contribution in [0.2, 0.25) is 0 Å². The molecule has 1 saturated carbocycles. The molecule has 1 heterocycles. The van der Waals surface area contributed by atoms with Crippen LogP contribution in [0, 0.1) is 11.8 Å². The Labute approximate surface area is 110 Å². The van der Waals surface area contributed by atoms with Gasteiger partial charge in [-0.2, -0.15) is 0 Å². The second-order valence-corrected chi connectivity index (χ2v) is 6.10. The van der Waals surface area contributed by atoms with Gasteiger partial charge in [-0.25, -0.2) is 0 Å². The summed E-state index contributed by atoms with van der Waals surface area (Å²) < 4.78 is 11.6. The van der Waals surface area contributed by atoms with Crippen molar-refractivity contribution < 1.29 is 9.47 Å². The second kappa shape index (κ2) is 4.82. The lowest BCUT2D eigenvalue weighted by molar-refractivity contribution is -0.180. The molecule has 2 nitrogen and oxygen atoms in total. The first-order valence-electron chi connectivity index (χ1n) is 7.35. The first kappa shape index (κ1) is 12.4. The Bertz CT molecular complexity index is 365. The first-order chi connectivity index (χ1) is 8.69. The van der Waals surface area contributed by atoms with E-state index in [0.29, 0.717) is 5.92 Å². The quantitative estimate of drug-likeness (QED) is 0.702. The predicted octanol–water partition coefficient (Wildman–Crippen LogP) is 3.83. The molecule has 2 fully saturated rings. The van der Waals surface area contributed by atoms with Crippen LogP contribution in [0.4, 0.5) is 0 Å². The fourth-order valence-corrected chi connectivity index (χ4v) is 3.71. The fraction of sp³-hybridized carbons (Fsp3) is 0.750. The molecular weight excluding hydrogens is 224 g/mol. The minimum Gasteiger partial charge on any atom is -0.348 e. The maximum absolute atomic E-state index is 5.80. The molecule has 0 aromatic heterocycles. The van der Waals surface area contributed by atoms with Crippen LogP contribution >= 0.6 is 0 Å². The highest BCUT2D eigenvalue weighted by molar-refractivity contribution is 5.35. The SMILES string of the molecule is CC1=CC(C)CC=C1C1CCC2(CC1)OCCO2. The third kappa shape index (κ3) is 2.28. The van der Waals surface area contributed by atoms with Gasteiger partial charge < -0.3 is 9.47 Å². The van der Waals surface area contributed by atoms with Crippen molar-refractivity contribution in [1.29, 1.82) is 0 Å². The smallest absolute Gasteiger partial charge is 0.168 e. The monoisotopic (exact) mass is 248 g/mol. The van der Waals surface area contributed by atoms with Crippen LogP contribution in [-0.2, 0) is 9.47 Å². The summed E-state index contributed by atoms with van der Waals surface area (Å²) in [4.78, 5) is 0. The van der Waals surface area contributed by atoms with Crippen molar-refractivity contribution >= 4 is 0 Å². The minimum atomic E-state index is -0.212. The van der Waals surface area contributed by atoms with E-state index in [1.54, 1.807) is 5.57 Å². The van der Waals surface area contributed by atoms with Gasteiger partial charge in [0.15, 0.2) is 5.79 Å². The van der Waals surface area contributed by atoms with E-state index in [2.05, 4.69) is 26.0 Å². The third-order valence-corrected chi connectivity index (χ3v) is 4.70. The average Bonchev–Trinajstić information content (AvgIpc) is 2.80. The largest absolute Gasteiger partial charge is 0.348 e. The van der Waals surface area contributed by atoms with Gasteiger partial charge in [0.25, 0.3) is 0 Å². The molecule has 0 bridgehead atoms. The van der Waals surface area contributed by atoms with Crippen molar-refractivity contribution in [2.24, 2.45) is 11.8 Å². The number of rotatable bonds is 1. The summed E-state index contributed by atoms with van der Waals surface area (Å²) >= 11 is 0. The lowest BCUT2D eigenvalue weighted by Crippen LogP contribution is -2.35. The molecule has 0 radical (unpaired) electrons. The number of ether oxygens (including phenoxy) is 2. The van der Waals surface area contributed by atoms with Crippen LogP contribution in [0.5, 0.6) is 0 Å². The lowest BCUT2D eigenvalue weighted by Gasteiger charge is -2.37. The Morgan fingerprint density at radius 3 is 2.44 bits per heavy atom. The van der Waals surface area contributed by atoms with Crippen molar-refractivity contribution in [3.05, 3.63) is 23.3 Å². The molecule has 18 heavy (non-hydrogen) atoms. The van der Waals surface area contributed by atoms with E-state index in [1.165, 1.54) is 24.8 Å². The van der Waals surface area contributed by atoms with E-state index in [-0.39, 0.29) is 5.79 Å². The third-order valence-electron chi connectivity index (χ3n) is 4.70. The maximum Gasteiger partial charge on any atom is 0.168 e. The topological polar surface area (TPSA) is 18.5 Å². The molecule has 3 aliphatic rings. The standard InChI is InChI=1S/C16H24O2/c1-12-3-4-15(13(2)11-12)14-5-7-16(8-6-14)17-9-10-18-16/h4,11-12,14H,3,5-10H2,1-2H3. The molecular formula is C16H24O2. The van der Waals surface area contributed by atoms with Gasteiger partial charge in [-0.05, 0) is 43.6 Å². The number of hydrogen-bond donors (Lipinski definition) is 0. The highest BCUT2D eigenvalue weighted by Crippen LogP contribution is 2.43. The van der Waals surface area contributed by atoms with Crippen molar-refractivity contribution in [2.45, 2.75) is 51.7 Å². The van der Waals surface area contributed by atoms with Crippen molar-refractivity contribution in [1.82, 2.24) is 0 Å². The van der Waals surface area contributed by atoms with Crippen molar-refractivity contribution in [3.63, 3.8) is 0 Å². The van der Waals surface area contributed by atoms with Crippen LogP contribution < -0.4 is 0 Å². The van der Waals surface area contributed by atoms with E-state index >= 15 is 0 Å². The molecule has 1 atom stereocenters. The molecule has 100 valence electrons. The van der Waals surface area contributed by atoms with Crippen molar-refractivity contribution in [2.75, 3.05) is 13.2 Å². The predicted molar refractivity (Wildman–Crippen MR) is 72.2 cm³/mol. The van der Waals surface area contributed by atoms with Crippen molar-refractivity contribution in [3.8, 4) is 0 Å². The second-order valence-electron chi connectivity index (χ2n) is 6.10. The Morgan fingerprint density at radius 2 is 1.83 bits per heavy atom. The minimum absolute atomic E-state index is 0.212. The van der Waals surface area contributed by atoms with Gasteiger partial charge in [-0.15, -0.1) is 0 Å². The molecule has 1 spiro atoms. The normalized spacial score (nSPS) is 32.4. The molecule has 0 aromatic carbocycles. The van der Waals surface area contributed by atoms with Crippen LogP contribution in [0.3, 0.4) is 0 Å². The fourth-order valence-electron chi connectivity index (χ4n) is 3.71.